The molecule has 12 heteroatoms. The first-order chi connectivity index (χ1) is 10.8. The van der Waals surface area contributed by atoms with Crippen LogP contribution in [-0.2, 0) is 10.1 Å². The van der Waals surface area contributed by atoms with Gasteiger partial charge in [0.2, 0.25) is 5.95 Å². The quantitative estimate of drug-likeness (QED) is 0.402. The zero-order valence-electron chi connectivity index (χ0n) is 11.1. The molecule has 23 heavy (non-hydrogen) atoms. The number of rotatable bonds is 3. The van der Waals surface area contributed by atoms with E-state index in [-0.39, 0.29) is 22.0 Å². The van der Waals surface area contributed by atoms with Gasteiger partial charge in [0.25, 0.3) is 15.7 Å². The van der Waals surface area contributed by atoms with Crippen molar-refractivity contribution in [1.82, 2.24) is 19.9 Å². The fourth-order valence-electron chi connectivity index (χ4n) is 1.76. The van der Waals surface area contributed by atoms with Gasteiger partial charge in [-0.2, -0.15) is 13.4 Å². The maximum Gasteiger partial charge on any atom is 0.327 e. The van der Waals surface area contributed by atoms with Gasteiger partial charge in [-0.05, 0) is 24.3 Å². The van der Waals surface area contributed by atoms with Gasteiger partial charge in [-0.1, -0.05) is 0 Å². The summed E-state index contributed by atoms with van der Waals surface area (Å²) >= 11 is 0. The number of nitrogens with one attached hydrogen (secondary N) is 3. The van der Waals surface area contributed by atoms with Gasteiger partial charge < -0.3 is 4.98 Å². The third-order valence-corrected chi connectivity index (χ3v) is 3.64. The van der Waals surface area contributed by atoms with Gasteiger partial charge in [-0.25, -0.2) is 4.79 Å². The summed E-state index contributed by atoms with van der Waals surface area (Å²) in [6, 6.07) is 4.96. The molecule has 2 heterocycles. The van der Waals surface area contributed by atoms with E-state index in [0.29, 0.717) is 5.69 Å². The molecular formula is C11H8N6O5S. The number of benzene rings is 1. The molecule has 0 bridgehead atoms. The largest absolute Gasteiger partial charge is 0.327 e. The van der Waals surface area contributed by atoms with E-state index in [0.717, 1.165) is 12.1 Å². The van der Waals surface area contributed by atoms with E-state index in [1.807, 2.05) is 4.98 Å². The molecule has 4 N–H and O–H groups in total. The van der Waals surface area contributed by atoms with Crippen LogP contribution < -0.4 is 11.2 Å². The molecule has 0 radical (unpaired) electrons. The number of azo groups is 1. The average molecular weight is 336 g/mol. The number of hydrogen-bond acceptors (Lipinski definition) is 7. The van der Waals surface area contributed by atoms with Crippen molar-refractivity contribution >= 4 is 32.9 Å². The van der Waals surface area contributed by atoms with Gasteiger partial charge in [0, 0.05) is 0 Å². The van der Waals surface area contributed by atoms with Crippen LogP contribution in [0.1, 0.15) is 0 Å². The molecule has 2 aromatic heterocycles. The van der Waals surface area contributed by atoms with Crippen LogP contribution in [0.25, 0.3) is 11.2 Å². The first kappa shape index (κ1) is 14.8. The van der Waals surface area contributed by atoms with Crippen LogP contribution >= 0.6 is 0 Å². The molecule has 0 aliphatic rings. The normalized spacial score (nSPS) is 12.2. The van der Waals surface area contributed by atoms with E-state index in [1.54, 1.807) is 0 Å². The van der Waals surface area contributed by atoms with Crippen LogP contribution in [-0.4, -0.2) is 32.9 Å². The van der Waals surface area contributed by atoms with Gasteiger partial charge in [0.1, 0.15) is 0 Å². The fourth-order valence-corrected chi connectivity index (χ4v) is 2.24. The van der Waals surface area contributed by atoms with Crippen molar-refractivity contribution in [3.05, 3.63) is 45.1 Å². The Morgan fingerprint density at radius 1 is 1.00 bits per heavy atom. The summed E-state index contributed by atoms with van der Waals surface area (Å²) in [5, 5.41) is 7.55. The second-order valence-corrected chi connectivity index (χ2v) is 5.78. The standard InChI is InChI=1S/C11H8N6O5S/c18-9-7-8(14-11(19)15-9)13-10(12-7)17-16-5-1-3-6(4-2-5)23(20,21)22/h1-4H,(H,20,21,22)(H3,12,13,14,15,18,19). The van der Waals surface area contributed by atoms with Crippen LogP contribution in [0.2, 0.25) is 0 Å². The number of aromatic nitrogens is 4. The van der Waals surface area contributed by atoms with Gasteiger partial charge in [-0.15, -0.1) is 10.2 Å². The van der Waals surface area contributed by atoms with Crippen molar-refractivity contribution in [2.75, 3.05) is 0 Å². The molecule has 0 atom stereocenters. The average Bonchev–Trinajstić information content (AvgIpc) is 2.88. The Kier molecular flexibility index (Phi) is 3.38. The minimum atomic E-state index is -4.28. The van der Waals surface area contributed by atoms with Gasteiger partial charge in [-0.3, -0.25) is 19.3 Å². The second kappa shape index (κ2) is 5.26. The summed E-state index contributed by atoms with van der Waals surface area (Å²) in [5.41, 5.74) is -0.969. The molecule has 3 rings (SSSR count). The lowest BCUT2D eigenvalue weighted by molar-refractivity contribution is 0.483. The molecule has 0 aliphatic heterocycles. The number of aromatic amines is 3. The summed E-state index contributed by atoms with van der Waals surface area (Å²) in [6.07, 6.45) is 0. The maximum atomic E-state index is 11.5. The molecule has 0 unspecified atom stereocenters. The molecule has 11 nitrogen and oxygen atoms in total. The van der Waals surface area contributed by atoms with Crippen molar-refractivity contribution in [2.45, 2.75) is 4.90 Å². The molecular weight excluding hydrogens is 328 g/mol. The zero-order valence-corrected chi connectivity index (χ0v) is 12.0. The monoisotopic (exact) mass is 336 g/mol. The lowest BCUT2D eigenvalue weighted by Gasteiger charge is -1.96. The van der Waals surface area contributed by atoms with E-state index >= 15 is 0 Å². The van der Waals surface area contributed by atoms with Gasteiger partial charge in [0.15, 0.2) is 11.2 Å². The van der Waals surface area contributed by atoms with E-state index in [9.17, 15) is 18.0 Å². The molecule has 1 aromatic carbocycles. The van der Waals surface area contributed by atoms with E-state index in [1.165, 1.54) is 12.1 Å². The predicted octanol–water partition coefficient (Wildman–Crippen LogP) is 0.602. The smallest absolute Gasteiger partial charge is 0.315 e. The summed E-state index contributed by atoms with van der Waals surface area (Å²) in [6.45, 7) is 0. The lowest BCUT2D eigenvalue weighted by Crippen LogP contribution is -2.21. The third-order valence-electron chi connectivity index (χ3n) is 2.77. The Balaban J connectivity index is 1.92. The first-order valence-electron chi connectivity index (χ1n) is 6.04. The molecule has 0 amide bonds. The predicted molar refractivity (Wildman–Crippen MR) is 77.8 cm³/mol. The highest BCUT2D eigenvalue weighted by atomic mass is 32.2. The van der Waals surface area contributed by atoms with E-state index < -0.39 is 21.4 Å². The minimum absolute atomic E-state index is 0.0220. The molecule has 0 aliphatic carbocycles. The van der Waals surface area contributed by atoms with Crippen LogP contribution in [0.4, 0.5) is 11.6 Å². The zero-order chi connectivity index (χ0) is 16.6. The minimum Gasteiger partial charge on any atom is -0.315 e. The number of hydrogen-bond donors (Lipinski definition) is 4. The summed E-state index contributed by atoms with van der Waals surface area (Å²) in [4.78, 5) is 33.2. The van der Waals surface area contributed by atoms with Crippen molar-refractivity contribution < 1.29 is 13.0 Å². The SMILES string of the molecule is O=c1[nH]c(=O)c2[nH]c(N=Nc3ccc(S(=O)(=O)O)cc3)nc2[nH]1. The molecule has 118 valence electrons. The molecule has 0 saturated heterocycles. The second-order valence-electron chi connectivity index (χ2n) is 4.36. The first-order valence-corrected chi connectivity index (χ1v) is 7.48. The number of nitrogens with zero attached hydrogens (tertiary/aromatic N) is 3. The van der Waals surface area contributed by atoms with Crippen LogP contribution in [0.3, 0.4) is 0 Å². The molecule has 0 spiro atoms. The van der Waals surface area contributed by atoms with Crippen molar-refractivity contribution in [1.29, 1.82) is 0 Å². The maximum absolute atomic E-state index is 11.5. The number of H-pyrrole nitrogens is 3. The highest BCUT2D eigenvalue weighted by Crippen LogP contribution is 2.19. The highest BCUT2D eigenvalue weighted by molar-refractivity contribution is 7.85. The summed E-state index contributed by atoms with van der Waals surface area (Å²) in [5.74, 6) is -0.0220. The Morgan fingerprint density at radius 2 is 1.70 bits per heavy atom. The van der Waals surface area contributed by atoms with Crippen LogP contribution in [0, 0.1) is 0 Å². The Morgan fingerprint density at radius 3 is 2.35 bits per heavy atom. The number of imidazole rings is 1. The lowest BCUT2D eigenvalue weighted by atomic mass is 10.3. The Bertz CT molecular complexity index is 1120. The van der Waals surface area contributed by atoms with Crippen molar-refractivity contribution in [2.24, 2.45) is 10.2 Å². The third kappa shape index (κ3) is 3.07. The van der Waals surface area contributed by atoms with Gasteiger partial charge >= 0.3 is 5.69 Å². The van der Waals surface area contributed by atoms with Crippen molar-refractivity contribution in [3.8, 4) is 0 Å². The van der Waals surface area contributed by atoms with Crippen LogP contribution in [0.15, 0.2) is 49.0 Å². The van der Waals surface area contributed by atoms with Crippen molar-refractivity contribution in [3.63, 3.8) is 0 Å². The van der Waals surface area contributed by atoms with Crippen LogP contribution in [0.5, 0.6) is 0 Å². The number of fused-ring (bicyclic) bond motifs is 1. The van der Waals surface area contributed by atoms with E-state index in [2.05, 4.69) is 25.2 Å². The topological polar surface area (TPSA) is 173 Å². The Labute approximate surface area is 126 Å². The summed E-state index contributed by atoms with van der Waals surface area (Å²) < 4.78 is 30.7. The molecule has 3 aromatic rings. The fraction of sp³-hybridized carbons (Fsp3) is 0. The Hall–Kier alpha value is -3.12. The molecule has 0 fully saturated rings. The summed E-state index contributed by atoms with van der Waals surface area (Å²) in [7, 11) is -4.28. The molecule has 0 saturated carbocycles. The van der Waals surface area contributed by atoms with E-state index in [4.69, 9.17) is 4.55 Å². The van der Waals surface area contributed by atoms with Gasteiger partial charge in [0.05, 0.1) is 10.6 Å². The highest BCUT2D eigenvalue weighted by Gasteiger charge is 2.09.